The number of methoxy groups -OCH3 is 1. The van der Waals surface area contributed by atoms with Crippen molar-refractivity contribution in [1.82, 2.24) is 10.4 Å². The molecule has 0 spiro atoms. The first-order valence-corrected chi connectivity index (χ1v) is 5.53. The van der Waals surface area contributed by atoms with Crippen molar-refractivity contribution in [3.05, 3.63) is 17.7 Å². The summed E-state index contributed by atoms with van der Waals surface area (Å²) >= 11 is 0. The molecule has 0 atom stereocenters. The molecule has 8 heteroatoms. The lowest BCUT2D eigenvalue weighted by Gasteiger charge is -2.28. The van der Waals surface area contributed by atoms with Crippen molar-refractivity contribution in [2.24, 2.45) is 0 Å². The van der Waals surface area contributed by atoms with Crippen LogP contribution in [0.5, 0.6) is 11.5 Å². The smallest absolute Gasteiger partial charge is 0.425 e. The van der Waals surface area contributed by atoms with E-state index in [4.69, 9.17) is 9.47 Å². The van der Waals surface area contributed by atoms with Gasteiger partial charge in [-0.25, -0.2) is 20.0 Å². The van der Waals surface area contributed by atoms with E-state index < -0.39 is 12.1 Å². The highest BCUT2D eigenvalue weighted by Crippen LogP contribution is 2.38. The normalized spacial score (nSPS) is 15.6. The van der Waals surface area contributed by atoms with E-state index in [2.05, 4.69) is 15.5 Å². The van der Waals surface area contributed by atoms with E-state index in [9.17, 15) is 9.59 Å². The lowest BCUT2D eigenvalue weighted by molar-refractivity contribution is 0.129. The average molecular weight is 265 g/mol. The Morgan fingerprint density at radius 1 is 1.42 bits per heavy atom. The van der Waals surface area contributed by atoms with Crippen LogP contribution in [0.1, 0.15) is 5.56 Å². The zero-order valence-electron chi connectivity index (χ0n) is 10.1. The molecular formula is C11H11N3O5. The minimum Gasteiger partial charge on any atom is -0.454 e. The van der Waals surface area contributed by atoms with Crippen LogP contribution in [0.25, 0.3) is 0 Å². The predicted octanol–water partition coefficient (Wildman–Crippen LogP) is 1.03. The molecular weight excluding hydrogens is 254 g/mol. The van der Waals surface area contributed by atoms with E-state index in [0.717, 1.165) is 10.6 Å². The summed E-state index contributed by atoms with van der Waals surface area (Å²) in [6.07, 6.45) is -0.709. The van der Waals surface area contributed by atoms with E-state index in [1.165, 1.54) is 7.11 Å². The second-order valence-electron chi connectivity index (χ2n) is 3.98. The van der Waals surface area contributed by atoms with Crippen LogP contribution in [0.4, 0.5) is 15.3 Å². The summed E-state index contributed by atoms with van der Waals surface area (Å²) in [6, 6.07) is 3.02. The first kappa shape index (κ1) is 11.5. The second-order valence-corrected chi connectivity index (χ2v) is 3.98. The van der Waals surface area contributed by atoms with Gasteiger partial charge in [-0.05, 0) is 6.07 Å². The maximum atomic E-state index is 11.8. The first-order valence-electron chi connectivity index (χ1n) is 5.53. The number of fused-ring (bicyclic) bond motifs is 2. The molecule has 0 saturated carbocycles. The van der Waals surface area contributed by atoms with Gasteiger partial charge in [0.2, 0.25) is 6.79 Å². The van der Waals surface area contributed by atoms with Crippen LogP contribution < -0.4 is 20.2 Å². The van der Waals surface area contributed by atoms with E-state index in [1.807, 2.05) is 0 Å². The summed E-state index contributed by atoms with van der Waals surface area (Å²) in [5, 5.41) is 3.77. The Kier molecular flexibility index (Phi) is 2.55. The molecule has 19 heavy (non-hydrogen) atoms. The number of carbonyl (C=O) groups excluding carboxylic acids is 2. The largest absolute Gasteiger partial charge is 0.454 e. The summed E-state index contributed by atoms with van der Waals surface area (Å²) < 4.78 is 14.9. The minimum atomic E-state index is -0.709. The highest BCUT2D eigenvalue weighted by Gasteiger charge is 2.27. The molecule has 2 aliphatic heterocycles. The Bertz CT molecular complexity index is 560. The number of nitrogens with one attached hydrogen (secondary N) is 2. The Balaban J connectivity index is 1.86. The van der Waals surface area contributed by atoms with Crippen molar-refractivity contribution < 1.29 is 23.8 Å². The van der Waals surface area contributed by atoms with Gasteiger partial charge in [-0.2, -0.15) is 0 Å². The third kappa shape index (κ3) is 1.96. The van der Waals surface area contributed by atoms with Crippen molar-refractivity contribution in [2.75, 3.05) is 19.2 Å². The van der Waals surface area contributed by atoms with Crippen LogP contribution in [-0.2, 0) is 11.3 Å². The molecule has 0 aliphatic carbocycles. The van der Waals surface area contributed by atoms with Gasteiger partial charge in [0, 0.05) is 11.6 Å². The van der Waals surface area contributed by atoms with E-state index in [0.29, 0.717) is 17.2 Å². The van der Waals surface area contributed by atoms with Crippen molar-refractivity contribution in [2.45, 2.75) is 6.54 Å². The third-order valence-electron chi connectivity index (χ3n) is 2.83. The van der Waals surface area contributed by atoms with Crippen molar-refractivity contribution in [3.63, 3.8) is 0 Å². The molecule has 1 aromatic carbocycles. The van der Waals surface area contributed by atoms with Crippen molar-refractivity contribution in [3.8, 4) is 11.5 Å². The molecule has 0 fully saturated rings. The number of hydrogen-bond acceptors (Lipinski definition) is 5. The number of anilines is 1. The molecule has 0 radical (unpaired) electrons. The van der Waals surface area contributed by atoms with E-state index in [-0.39, 0.29) is 13.3 Å². The number of benzene rings is 1. The molecule has 0 saturated heterocycles. The quantitative estimate of drug-likeness (QED) is 0.791. The standard InChI is InChI=1S/C11H11N3O5/c1-17-11(16)13-14-4-6-2-8-9(19-5-18-8)3-7(6)12-10(14)15/h2-3H,4-5H2,1H3,(H,12,15)(H,13,16). The highest BCUT2D eigenvalue weighted by atomic mass is 16.7. The zero-order chi connectivity index (χ0) is 13.4. The summed E-state index contributed by atoms with van der Waals surface area (Å²) in [4.78, 5) is 22.9. The van der Waals surface area contributed by atoms with Crippen LogP contribution in [0.2, 0.25) is 0 Å². The van der Waals surface area contributed by atoms with Gasteiger partial charge in [0.25, 0.3) is 0 Å². The van der Waals surface area contributed by atoms with Crippen LogP contribution >= 0.6 is 0 Å². The topological polar surface area (TPSA) is 89.1 Å². The Morgan fingerprint density at radius 2 is 2.16 bits per heavy atom. The highest BCUT2D eigenvalue weighted by molar-refractivity contribution is 5.93. The monoisotopic (exact) mass is 265 g/mol. The van der Waals surface area contributed by atoms with Gasteiger partial charge in [0.1, 0.15) is 0 Å². The van der Waals surface area contributed by atoms with Gasteiger partial charge in [0.15, 0.2) is 11.5 Å². The molecule has 0 bridgehead atoms. The number of rotatable bonds is 1. The maximum absolute atomic E-state index is 11.8. The summed E-state index contributed by atoms with van der Waals surface area (Å²) in [5.41, 5.74) is 3.76. The molecule has 2 N–H and O–H groups in total. The molecule has 3 amide bonds. The zero-order valence-corrected chi connectivity index (χ0v) is 10.1. The van der Waals surface area contributed by atoms with E-state index >= 15 is 0 Å². The molecule has 0 unspecified atom stereocenters. The number of urea groups is 1. The molecule has 2 aliphatic rings. The first-order chi connectivity index (χ1) is 9.17. The summed E-state index contributed by atoms with van der Waals surface area (Å²) in [6.45, 7) is 0.378. The fraction of sp³-hybridized carbons (Fsp3) is 0.273. The third-order valence-corrected chi connectivity index (χ3v) is 2.83. The van der Waals surface area contributed by atoms with Crippen molar-refractivity contribution >= 4 is 17.8 Å². The molecule has 0 aromatic heterocycles. The molecule has 3 rings (SSSR count). The lowest BCUT2D eigenvalue weighted by Crippen LogP contribution is -2.49. The molecule has 2 heterocycles. The number of hydrazine groups is 1. The predicted molar refractivity (Wildman–Crippen MR) is 62.7 cm³/mol. The Hall–Kier alpha value is -2.64. The Labute approximate surface area is 108 Å². The summed E-state index contributed by atoms with van der Waals surface area (Å²) in [7, 11) is 1.23. The molecule has 1 aromatic rings. The number of amides is 3. The SMILES string of the molecule is COC(=O)NN1Cc2cc3c(cc2NC1=O)OCO3. The number of hydrogen-bond donors (Lipinski definition) is 2. The number of carbonyl (C=O) groups is 2. The molecule has 8 nitrogen and oxygen atoms in total. The van der Waals surface area contributed by atoms with Crippen LogP contribution in [-0.4, -0.2) is 31.0 Å². The van der Waals surface area contributed by atoms with Crippen LogP contribution in [0.15, 0.2) is 12.1 Å². The van der Waals surface area contributed by atoms with Gasteiger partial charge in [-0.3, -0.25) is 0 Å². The molecule has 100 valence electrons. The lowest BCUT2D eigenvalue weighted by atomic mass is 10.1. The van der Waals surface area contributed by atoms with Gasteiger partial charge in [0.05, 0.1) is 19.3 Å². The fourth-order valence-electron chi connectivity index (χ4n) is 1.90. The van der Waals surface area contributed by atoms with Gasteiger partial charge in [-0.1, -0.05) is 0 Å². The average Bonchev–Trinajstić information content (AvgIpc) is 2.84. The van der Waals surface area contributed by atoms with Gasteiger partial charge < -0.3 is 19.5 Å². The summed E-state index contributed by atoms with van der Waals surface area (Å²) in [5.74, 6) is 1.21. The van der Waals surface area contributed by atoms with Gasteiger partial charge in [-0.15, -0.1) is 0 Å². The van der Waals surface area contributed by atoms with Crippen LogP contribution in [0.3, 0.4) is 0 Å². The Morgan fingerprint density at radius 3 is 2.89 bits per heavy atom. The minimum absolute atomic E-state index is 0.163. The van der Waals surface area contributed by atoms with Gasteiger partial charge >= 0.3 is 12.1 Å². The van der Waals surface area contributed by atoms with E-state index in [1.54, 1.807) is 12.1 Å². The van der Waals surface area contributed by atoms with Crippen molar-refractivity contribution in [1.29, 1.82) is 0 Å². The number of nitrogens with zero attached hydrogens (tertiary/aromatic N) is 1. The van der Waals surface area contributed by atoms with Crippen LogP contribution in [0, 0.1) is 0 Å². The maximum Gasteiger partial charge on any atom is 0.425 e. The number of ether oxygens (including phenoxy) is 3. The second kappa shape index (κ2) is 4.23. The fourth-order valence-corrected chi connectivity index (χ4v) is 1.90.